The number of anilines is 1. The molecule has 1 saturated heterocycles. The van der Waals surface area contributed by atoms with Crippen molar-refractivity contribution in [1.82, 2.24) is 19.9 Å². The van der Waals surface area contributed by atoms with Crippen LogP contribution in [0.4, 0.5) is 5.95 Å². The minimum Gasteiger partial charge on any atom is -0.335 e. The highest BCUT2D eigenvalue weighted by Crippen LogP contribution is 2.22. The largest absolute Gasteiger partial charge is 0.335 e. The first-order valence-corrected chi connectivity index (χ1v) is 8.07. The lowest BCUT2D eigenvalue weighted by molar-refractivity contribution is 0.426. The monoisotopic (exact) mass is 337 g/mol. The fourth-order valence-electron chi connectivity index (χ4n) is 2.77. The maximum Gasteiger partial charge on any atom is 0.246 e. The van der Waals surface area contributed by atoms with Gasteiger partial charge in [0.15, 0.2) is 5.65 Å². The van der Waals surface area contributed by atoms with Gasteiger partial charge in [-0.15, -0.1) is 5.10 Å². The van der Waals surface area contributed by atoms with E-state index in [4.69, 9.17) is 4.98 Å². The van der Waals surface area contributed by atoms with Crippen LogP contribution in [0.2, 0.25) is 0 Å². The van der Waals surface area contributed by atoms with Crippen LogP contribution in [0.3, 0.4) is 0 Å². The van der Waals surface area contributed by atoms with Crippen LogP contribution in [0.25, 0.3) is 5.65 Å². The van der Waals surface area contributed by atoms with Crippen molar-refractivity contribution in [3.05, 3.63) is 22.8 Å². The van der Waals surface area contributed by atoms with E-state index in [-0.39, 0.29) is 0 Å². The minimum absolute atomic E-state index is 0.500. The van der Waals surface area contributed by atoms with Crippen LogP contribution in [-0.4, -0.2) is 40.3 Å². The zero-order chi connectivity index (χ0) is 13.9. The van der Waals surface area contributed by atoms with E-state index in [0.717, 1.165) is 42.1 Å². The Morgan fingerprint density at radius 2 is 2.45 bits per heavy atom. The summed E-state index contributed by atoms with van der Waals surface area (Å²) in [6.07, 6.45) is 5.48. The van der Waals surface area contributed by atoms with E-state index in [9.17, 15) is 0 Å². The molecule has 20 heavy (non-hydrogen) atoms. The number of aromatic nitrogens is 3. The molecule has 0 aliphatic carbocycles. The van der Waals surface area contributed by atoms with E-state index in [1.807, 2.05) is 22.8 Å². The van der Waals surface area contributed by atoms with Crippen molar-refractivity contribution in [3.63, 3.8) is 0 Å². The van der Waals surface area contributed by atoms with Gasteiger partial charge in [-0.1, -0.05) is 6.92 Å². The number of hydrogen-bond acceptors (Lipinski definition) is 4. The van der Waals surface area contributed by atoms with Crippen LogP contribution >= 0.6 is 15.9 Å². The number of nitrogens with zero attached hydrogens (tertiary/aromatic N) is 4. The van der Waals surface area contributed by atoms with E-state index >= 15 is 0 Å². The molecule has 1 atom stereocenters. The molecule has 2 aromatic heterocycles. The second-order valence-electron chi connectivity index (χ2n) is 5.23. The SMILES string of the molecule is CCCN(c1nc2c(Br)cccn2n1)C1CCCNC1. The Kier molecular flexibility index (Phi) is 4.21. The minimum atomic E-state index is 0.500. The quantitative estimate of drug-likeness (QED) is 0.930. The number of hydrogen-bond donors (Lipinski definition) is 1. The predicted molar refractivity (Wildman–Crippen MR) is 84.2 cm³/mol. The highest BCUT2D eigenvalue weighted by molar-refractivity contribution is 9.10. The molecule has 1 unspecified atom stereocenters. The third-order valence-electron chi connectivity index (χ3n) is 3.74. The molecule has 0 spiro atoms. The van der Waals surface area contributed by atoms with Crippen LogP contribution in [0.15, 0.2) is 22.8 Å². The van der Waals surface area contributed by atoms with Gasteiger partial charge >= 0.3 is 0 Å². The van der Waals surface area contributed by atoms with Gasteiger partial charge in [-0.05, 0) is 53.9 Å². The molecular weight excluding hydrogens is 318 g/mol. The molecule has 0 radical (unpaired) electrons. The van der Waals surface area contributed by atoms with Gasteiger partial charge in [0.1, 0.15) is 0 Å². The lowest BCUT2D eigenvalue weighted by Gasteiger charge is -2.33. The molecule has 5 nitrogen and oxygen atoms in total. The molecule has 1 aliphatic heterocycles. The van der Waals surface area contributed by atoms with E-state index in [2.05, 4.69) is 38.2 Å². The number of nitrogens with one attached hydrogen (secondary N) is 1. The standard InChI is InChI=1S/C14H20BrN5/c1-2-8-19(11-5-3-7-16-10-11)14-17-13-12(15)6-4-9-20(13)18-14/h4,6,9,11,16H,2-3,5,7-8,10H2,1H3. The van der Waals surface area contributed by atoms with Gasteiger partial charge in [-0.2, -0.15) is 4.98 Å². The van der Waals surface area contributed by atoms with Crippen LogP contribution in [0, 0.1) is 0 Å². The Labute approximate surface area is 127 Å². The van der Waals surface area contributed by atoms with Gasteiger partial charge in [0.2, 0.25) is 5.95 Å². The summed E-state index contributed by atoms with van der Waals surface area (Å²) < 4.78 is 2.83. The van der Waals surface area contributed by atoms with Crippen LogP contribution < -0.4 is 10.2 Å². The second-order valence-corrected chi connectivity index (χ2v) is 6.08. The van der Waals surface area contributed by atoms with Crippen molar-refractivity contribution in [1.29, 1.82) is 0 Å². The topological polar surface area (TPSA) is 45.5 Å². The summed E-state index contributed by atoms with van der Waals surface area (Å²) >= 11 is 3.54. The molecule has 0 bridgehead atoms. The number of pyridine rings is 1. The maximum absolute atomic E-state index is 4.71. The number of halogens is 1. The van der Waals surface area contributed by atoms with E-state index in [1.165, 1.54) is 12.8 Å². The maximum atomic E-state index is 4.71. The Hall–Kier alpha value is -1.14. The van der Waals surface area contributed by atoms with Gasteiger partial charge in [0, 0.05) is 25.3 Å². The summed E-state index contributed by atoms with van der Waals surface area (Å²) in [6.45, 7) is 5.35. The molecule has 1 fully saturated rings. The van der Waals surface area contributed by atoms with Crippen molar-refractivity contribution < 1.29 is 0 Å². The summed E-state index contributed by atoms with van der Waals surface area (Å²) in [5, 5.41) is 8.12. The third kappa shape index (κ3) is 2.67. The average Bonchev–Trinajstić information content (AvgIpc) is 2.91. The number of piperidine rings is 1. The lowest BCUT2D eigenvalue weighted by Crippen LogP contribution is -2.47. The molecular formula is C14H20BrN5. The number of rotatable bonds is 4. The zero-order valence-corrected chi connectivity index (χ0v) is 13.3. The molecule has 3 rings (SSSR count). The lowest BCUT2D eigenvalue weighted by atomic mass is 10.1. The summed E-state index contributed by atoms with van der Waals surface area (Å²) in [7, 11) is 0. The van der Waals surface area contributed by atoms with E-state index in [0.29, 0.717) is 6.04 Å². The van der Waals surface area contributed by atoms with Gasteiger partial charge < -0.3 is 10.2 Å². The Morgan fingerprint density at radius 3 is 3.15 bits per heavy atom. The van der Waals surface area contributed by atoms with E-state index < -0.39 is 0 Å². The van der Waals surface area contributed by atoms with Crippen molar-refractivity contribution in [2.45, 2.75) is 32.2 Å². The van der Waals surface area contributed by atoms with Gasteiger partial charge in [0.05, 0.1) is 4.47 Å². The molecule has 1 N–H and O–H groups in total. The fourth-order valence-corrected chi connectivity index (χ4v) is 3.19. The summed E-state index contributed by atoms with van der Waals surface area (Å²) in [6, 6.07) is 4.47. The first kappa shape index (κ1) is 13.8. The predicted octanol–water partition coefficient (Wildman–Crippen LogP) is 2.46. The first-order chi connectivity index (χ1) is 9.79. The van der Waals surface area contributed by atoms with Crippen LogP contribution in [0.5, 0.6) is 0 Å². The number of fused-ring (bicyclic) bond motifs is 1. The van der Waals surface area contributed by atoms with Gasteiger partial charge in [-0.25, -0.2) is 4.52 Å². The third-order valence-corrected chi connectivity index (χ3v) is 4.36. The van der Waals surface area contributed by atoms with Crippen LogP contribution in [0.1, 0.15) is 26.2 Å². The van der Waals surface area contributed by atoms with Crippen molar-refractivity contribution in [2.75, 3.05) is 24.5 Å². The normalized spacial score (nSPS) is 19.4. The highest BCUT2D eigenvalue weighted by atomic mass is 79.9. The molecule has 2 aromatic rings. The fraction of sp³-hybridized carbons (Fsp3) is 0.571. The molecule has 0 saturated carbocycles. The van der Waals surface area contributed by atoms with Gasteiger partial charge in [0.25, 0.3) is 0 Å². The molecule has 108 valence electrons. The Balaban J connectivity index is 1.93. The summed E-state index contributed by atoms with van der Waals surface area (Å²) in [4.78, 5) is 7.06. The van der Waals surface area contributed by atoms with Crippen LogP contribution in [-0.2, 0) is 0 Å². The van der Waals surface area contributed by atoms with E-state index in [1.54, 1.807) is 0 Å². The average molecular weight is 338 g/mol. The van der Waals surface area contributed by atoms with Gasteiger partial charge in [-0.3, -0.25) is 0 Å². The highest BCUT2D eigenvalue weighted by Gasteiger charge is 2.24. The molecule has 0 aromatic carbocycles. The van der Waals surface area contributed by atoms with Crippen molar-refractivity contribution >= 4 is 27.5 Å². The second kappa shape index (κ2) is 6.10. The molecule has 6 heteroatoms. The zero-order valence-electron chi connectivity index (χ0n) is 11.7. The smallest absolute Gasteiger partial charge is 0.246 e. The summed E-state index contributed by atoms with van der Waals surface area (Å²) in [5.41, 5.74) is 0.882. The molecule has 3 heterocycles. The first-order valence-electron chi connectivity index (χ1n) is 7.28. The Morgan fingerprint density at radius 1 is 1.55 bits per heavy atom. The molecule has 0 amide bonds. The van der Waals surface area contributed by atoms with Crippen molar-refractivity contribution in [2.24, 2.45) is 0 Å². The molecule has 1 aliphatic rings. The summed E-state index contributed by atoms with van der Waals surface area (Å²) in [5.74, 6) is 0.840. The van der Waals surface area contributed by atoms with Crippen molar-refractivity contribution in [3.8, 4) is 0 Å². The Bertz CT molecular complexity index is 576.